The van der Waals surface area contributed by atoms with Gasteiger partial charge in [-0.05, 0) is 54.9 Å². The Labute approximate surface area is 160 Å². The molecule has 27 heavy (non-hydrogen) atoms. The van der Waals surface area contributed by atoms with Crippen LogP contribution in [0.5, 0.6) is 0 Å². The predicted octanol–water partition coefficient (Wildman–Crippen LogP) is 3.94. The van der Waals surface area contributed by atoms with Crippen molar-refractivity contribution in [2.24, 2.45) is 5.41 Å². The standard InChI is InChI=1S/C21H30O6/c1-14-10-15(18(22)23)11-16(19(24)25)17(14)12-21(27-9-8-26-4)7-5-6-20(2,3)13-21/h10-11H,5-9,12-13H2,1-4H3,(H,22,23)(H,24,25). The summed E-state index contributed by atoms with van der Waals surface area (Å²) in [6, 6.07) is 2.80. The van der Waals surface area contributed by atoms with Gasteiger partial charge < -0.3 is 19.7 Å². The molecular formula is C21H30O6. The van der Waals surface area contributed by atoms with Crippen LogP contribution in [0.4, 0.5) is 0 Å². The fraction of sp³-hybridized carbons (Fsp3) is 0.619. The number of carbonyl (C=O) groups is 2. The SMILES string of the molecule is COCCOC1(Cc2c(C)cc(C(=O)O)cc2C(=O)O)CCCC(C)(C)C1. The van der Waals surface area contributed by atoms with Gasteiger partial charge in [0.25, 0.3) is 0 Å². The predicted molar refractivity (Wildman–Crippen MR) is 102 cm³/mol. The highest BCUT2D eigenvalue weighted by Gasteiger charge is 2.42. The van der Waals surface area contributed by atoms with Gasteiger partial charge >= 0.3 is 11.9 Å². The zero-order valence-electron chi connectivity index (χ0n) is 16.6. The van der Waals surface area contributed by atoms with Gasteiger partial charge in [-0.15, -0.1) is 0 Å². The minimum absolute atomic E-state index is 0.00743. The van der Waals surface area contributed by atoms with Crippen LogP contribution in [0.15, 0.2) is 12.1 Å². The Morgan fingerprint density at radius 3 is 2.37 bits per heavy atom. The van der Waals surface area contributed by atoms with E-state index in [1.54, 1.807) is 20.1 Å². The summed E-state index contributed by atoms with van der Waals surface area (Å²) in [6.45, 7) is 7.11. The topological polar surface area (TPSA) is 93.1 Å². The van der Waals surface area contributed by atoms with E-state index >= 15 is 0 Å². The summed E-state index contributed by atoms with van der Waals surface area (Å²) in [7, 11) is 1.62. The van der Waals surface area contributed by atoms with Crippen LogP contribution >= 0.6 is 0 Å². The molecule has 1 aliphatic rings. The summed E-state index contributed by atoms with van der Waals surface area (Å²) < 4.78 is 11.4. The van der Waals surface area contributed by atoms with Gasteiger partial charge in [0.15, 0.2) is 0 Å². The molecular weight excluding hydrogens is 348 g/mol. The summed E-state index contributed by atoms with van der Waals surface area (Å²) in [4.78, 5) is 23.1. The van der Waals surface area contributed by atoms with Gasteiger partial charge in [-0.2, -0.15) is 0 Å². The molecule has 1 fully saturated rings. The van der Waals surface area contributed by atoms with Crippen molar-refractivity contribution in [3.8, 4) is 0 Å². The van der Waals surface area contributed by atoms with Gasteiger partial charge in [-0.25, -0.2) is 9.59 Å². The first-order valence-electron chi connectivity index (χ1n) is 9.32. The number of benzene rings is 1. The third-order valence-corrected chi connectivity index (χ3v) is 5.43. The number of carboxylic acid groups (broad SMARTS) is 2. The molecule has 0 radical (unpaired) electrons. The number of hydrogen-bond donors (Lipinski definition) is 2. The van der Waals surface area contributed by atoms with Crippen LogP contribution in [-0.4, -0.2) is 48.1 Å². The molecule has 1 aliphatic carbocycles. The minimum atomic E-state index is -1.13. The van der Waals surface area contributed by atoms with Crippen molar-refractivity contribution in [2.75, 3.05) is 20.3 Å². The van der Waals surface area contributed by atoms with E-state index in [9.17, 15) is 19.8 Å². The minimum Gasteiger partial charge on any atom is -0.478 e. The molecule has 0 aliphatic heterocycles. The van der Waals surface area contributed by atoms with Crippen molar-refractivity contribution in [1.29, 1.82) is 0 Å². The molecule has 0 heterocycles. The molecule has 0 spiro atoms. The fourth-order valence-corrected chi connectivity index (χ4v) is 4.29. The molecule has 2 rings (SSSR count). The first-order chi connectivity index (χ1) is 12.6. The second-order valence-corrected chi connectivity index (χ2v) is 8.33. The van der Waals surface area contributed by atoms with E-state index in [2.05, 4.69) is 13.8 Å². The maximum absolute atomic E-state index is 11.8. The van der Waals surface area contributed by atoms with Crippen LogP contribution in [0.3, 0.4) is 0 Å². The summed E-state index contributed by atoms with van der Waals surface area (Å²) in [5.41, 5.74) is 0.995. The number of ether oxygens (including phenoxy) is 2. The van der Waals surface area contributed by atoms with Crippen molar-refractivity contribution in [3.63, 3.8) is 0 Å². The van der Waals surface area contributed by atoms with E-state index in [0.29, 0.717) is 30.8 Å². The van der Waals surface area contributed by atoms with Gasteiger partial charge in [0.05, 0.1) is 29.9 Å². The first-order valence-corrected chi connectivity index (χ1v) is 9.32. The lowest BCUT2D eigenvalue weighted by Gasteiger charge is -2.45. The van der Waals surface area contributed by atoms with Gasteiger partial charge in [-0.3, -0.25) is 0 Å². The normalized spacial score (nSPS) is 21.8. The highest BCUT2D eigenvalue weighted by Crippen LogP contribution is 2.45. The molecule has 0 saturated heterocycles. The Bertz CT molecular complexity index is 709. The first kappa shape index (κ1) is 21.4. The molecule has 1 unspecified atom stereocenters. The second-order valence-electron chi connectivity index (χ2n) is 8.33. The van der Waals surface area contributed by atoms with E-state index in [-0.39, 0.29) is 16.5 Å². The van der Waals surface area contributed by atoms with Crippen LogP contribution in [0, 0.1) is 12.3 Å². The van der Waals surface area contributed by atoms with Gasteiger partial charge in [-0.1, -0.05) is 20.3 Å². The molecule has 0 bridgehead atoms. The molecule has 0 aromatic heterocycles. The molecule has 6 nitrogen and oxygen atoms in total. The lowest BCUT2D eigenvalue weighted by molar-refractivity contribution is -0.108. The van der Waals surface area contributed by atoms with Crippen LogP contribution in [0.2, 0.25) is 0 Å². The Balaban J connectivity index is 2.44. The average Bonchev–Trinajstić information content (AvgIpc) is 2.55. The molecule has 0 amide bonds. The lowest BCUT2D eigenvalue weighted by atomic mass is 9.67. The van der Waals surface area contributed by atoms with E-state index < -0.39 is 17.5 Å². The van der Waals surface area contributed by atoms with Crippen molar-refractivity contribution in [2.45, 2.75) is 58.5 Å². The van der Waals surface area contributed by atoms with Gasteiger partial charge in [0.1, 0.15) is 0 Å². The molecule has 1 aromatic rings. The summed E-state index contributed by atoms with van der Waals surface area (Å²) in [6.07, 6.45) is 4.23. The number of rotatable bonds is 8. The van der Waals surface area contributed by atoms with E-state index in [1.165, 1.54) is 6.07 Å². The smallest absolute Gasteiger partial charge is 0.335 e. The van der Waals surface area contributed by atoms with Crippen LogP contribution in [-0.2, 0) is 15.9 Å². The van der Waals surface area contributed by atoms with Crippen molar-refractivity contribution in [3.05, 3.63) is 34.4 Å². The third-order valence-electron chi connectivity index (χ3n) is 5.43. The zero-order valence-corrected chi connectivity index (χ0v) is 16.6. The summed E-state index contributed by atoms with van der Waals surface area (Å²) in [5, 5.41) is 18.9. The highest BCUT2D eigenvalue weighted by molar-refractivity contribution is 5.95. The van der Waals surface area contributed by atoms with E-state index in [0.717, 1.165) is 25.7 Å². The maximum Gasteiger partial charge on any atom is 0.335 e. The number of methoxy groups -OCH3 is 1. The molecule has 1 aromatic carbocycles. The van der Waals surface area contributed by atoms with Crippen LogP contribution in [0.1, 0.15) is 71.4 Å². The quantitative estimate of drug-likeness (QED) is 0.666. The fourth-order valence-electron chi connectivity index (χ4n) is 4.29. The van der Waals surface area contributed by atoms with E-state index in [4.69, 9.17) is 9.47 Å². The number of hydrogen-bond acceptors (Lipinski definition) is 4. The maximum atomic E-state index is 11.8. The van der Waals surface area contributed by atoms with Crippen molar-refractivity contribution in [1.82, 2.24) is 0 Å². The highest BCUT2D eigenvalue weighted by atomic mass is 16.5. The molecule has 2 N–H and O–H groups in total. The van der Waals surface area contributed by atoms with E-state index in [1.807, 2.05) is 0 Å². The van der Waals surface area contributed by atoms with Crippen molar-refractivity contribution >= 4 is 11.9 Å². The van der Waals surface area contributed by atoms with Gasteiger partial charge in [0, 0.05) is 13.5 Å². The lowest BCUT2D eigenvalue weighted by Crippen LogP contribution is -2.44. The number of aryl methyl sites for hydroxylation is 1. The molecule has 1 saturated carbocycles. The average molecular weight is 378 g/mol. The third kappa shape index (κ3) is 5.30. The van der Waals surface area contributed by atoms with Crippen LogP contribution < -0.4 is 0 Å². The summed E-state index contributed by atoms with van der Waals surface area (Å²) >= 11 is 0. The zero-order chi connectivity index (χ0) is 20.2. The molecule has 1 atom stereocenters. The largest absolute Gasteiger partial charge is 0.478 e. The Hall–Kier alpha value is -1.92. The molecule has 150 valence electrons. The van der Waals surface area contributed by atoms with Crippen molar-refractivity contribution < 1.29 is 29.3 Å². The Morgan fingerprint density at radius 2 is 1.81 bits per heavy atom. The number of aromatic carboxylic acids is 2. The molecule has 6 heteroatoms. The second kappa shape index (κ2) is 8.40. The van der Waals surface area contributed by atoms with Gasteiger partial charge in [0.2, 0.25) is 0 Å². The Morgan fingerprint density at radius 1 is 1.11 bits per heavy atom. The van der Waals surface area contributed by atoms with Crippen LogP contribution in [0.25, 0.3) is 0 Å². The monoisotopic (exact) mass is 378 g/mol. The Kier molecular flexibility index (Phi) is 6.65. The summed E-state index contributed by atoms with van der Waals surface area (Å²) in [5.74, 6) is -2.24. The number of carboxylic acids is 2.